The highest BCUT2D eigenvalue weighted by Crippen LogP contribution is 2.25. The Morgan fingerprint density at radius 2 is 2.25 bits per heavy atom. The molecule has 0 radical (unpaired) electrons. The maximum Gasteiger partial charge on any atom is 0.314 e. The molecule has 0 aliphatic carbocycles. The highest BCUT2D eigenvalue weighted by Gasteiger charge is 2.05. The number of primary amides is 1. The minimum atomic E-state index is -0.410. The quantitative estimate of drug-likeness (QED) is 0.921. The van der Waals surface area contributed by atoms with Gasteiger partial charge in [-0.25, -0.2) is 4.79 Å². The number of methoxy groups -OCH3 is 1. The van der Waals surface area contributed by atoms with E-state index in [1.54, 1.807) is 14.2 Å². The second-order valence-electron chi connectivity index (χ2n) is 3.48. The number of nitrogens with two attached hydrogens (primary N) is 1. The summed E-state index contributed by atoms with van der Waals surface area (Å²) >= 11 is 3.41. The highest BCUT2D eigenvalue weighted by molar-refractivity contribution is 9.10. The molecule has 0 saturated heterocycles. The number of halogens is 1. The van der Waals surface area contributed by atoms with E-state index in [9.17, 15) is 4.79 Å². The molecule has 1 rings (SSSR count). The third kappa shape index (κ3) is 3.41. The predicted molar refractivity (Wildman–Crippen MR) is 66.6 cm³/mol. The van der Waals surface area contributed by atoms with Crippen LogP contribution in [0.3, 0.4) is 0 Å². The van der Waals surface area contributed by atoms with E-state index in [4.69, 9.17) is 10.5 Å². The van der Waals surface area contributed by atoms with Crippen LogP contribution in [0.4, 0.5) is 4.79 Å². The second-order valence-corrected chi connectivity index (χ2v) is 4.33. The predicted octanol–water partition coefficient (Wildman–Crippen LogP) is 2.01. The highest BCUT2D eigenvalue weighted by atomic mass is 79.9. The first kappa shape index (κ1) is 12.8. The molecule has 0 heterocycles. The summed E-state index contributed by atoms with van der Waals surface area (Å²) in [7, 11) is 3.31. The molecule has 16 heavy (non-hydrogen) atoms. The van der Waals surface area contributed by atoms with Gasteiger partial charge >= 0.3 is 6.03 Å². The van der Waals surface area contributed by atoms with Gasteiger partial charge in [0, 0.05) is 13.6 Å². The standard InChI is InChI=1S/C11H15BrN2O2/c1-14(11(13)15)6-5-8-3-4-10(16-2)9(12)7-8/h3-4,7H,5-6H2,1-2H3,(H2,13,15). The van der Waals surface area contributed by atoms with E-state index in [-0.39, 0.29) is 0 Å². The normalized spacial score (nSPS) is 9.94. The van der Waals surface area contributed by atoms with E-state index in [0.717, 1.165) is 22.2 Å². The zero-order valence-electron chi connectivity index (χ0n) is 9.37. The summed E-state index contributed by atoms with van der Waals surface area (Å²) in [5.41, 5.74) is 6.26. The van der Waals surface area contributed by atoms with Crippen LogP contribution < -0.4 is 10.5 Å². The molecule has 1 aromatic rings. The lowest BCUT2D eigenvalue weighted by atomic mass is 10.1. The zero-order chi connectivity index (χ0) is 12.1. The Morgan fingerprint density at radius 1 is 1.56 bits per heavy atom. The number of amides is 2. The fraction of sp³-hybridized carbons (Fsp3) is 0.364. The first-order valence-corrected chi connectivity index (χ1v) is 5.67. The van der Waals surface area contributed by atoms with Crippen molar-refractivity contribution in [1.82, 2.24) is 4.90 Å². The Labute approximate surface area is 103 Å². The van der Waals surface area contributed by atoms with Crippen LogP contribution in [0.5, 0.6) is 5.75 Å². The average molecular weight is 287 g/mol. The Kier molecular flexibility index (Phi) is 4.61. The molecule has 0 aromatic heterocycles. The number of benzene rings is 1. The number of ether oxygens (including phenoxy) is 1. The maximum atomic E-state index is 10.8. The van der Waals surface area contributed by atoms with Crippen molar-refractivity contribution in [2.45, 2.75) is 6.42 Å². The summed E-state index contributed by atoms with van der Waals surface area (Å²) in [5.74, 6) is 0.798. The molecule has 4 nitrogen and oxygen atoms in total. The summed E-state index contributed by atoms with van der Waals surface area (Å²) < 4.78 is 6.04. The van der Waals surface area contributed by atoms with Gasteiger partial charge in [-0.2, -0.15) is 0 Å². The fourth-order valence-corrected chi connectivity index (χ4v) is 1.86. The molecule has 2 amide bonds. The number of rotatable bonds is 4. The molecule has 0 aliphatic heterocycles. The topological polar surface area (TPSA) is 55.6 Å². The third-order valence-corrected chi connectivity index (χ3v) is 2.95. The van der Waals surface area contributed by atoms with Crippen molar-refractivity contribution < 1.29 is 9.53 Å². The van der Waals surface area contributed by atoms with Crippen LogP contribution in [0.2, 0.25) is 0 Å². The molecule has 0 bridgehead atoms. The molecular weight excluding hydrogens is 272 g/mol. The summed E-state index contributed by atoms with van der Waals surface area (Å²) in [6.45, 7) is 0.605. The van der Waals surface area contributed by atoms with Gasteiger partial charge in [0.05, 0.1) is 11.6 Å². The van der Waals surface area contributed by atoms with Gasteiger partial charge in [-0.05, 0) is 40.0 Å². The van der Waals surface area contributed by atoms with Gasteiger partial charge in [0.25, 0.3) is 0 Å². The van der Waals surface area contributed by atoms with Crippen molar-refractivity contribution >= 4 is 22.0 Å². The molecule has 0 saturated carbocycles. The molecule has 0 atom stereocenters. The largest absolute Gasteiger partial charge is 0.496 e. The van der Waals surface area contributed by atoms with Crippen LogP contribution in [0.1, 0.15) is 5.56 Å². The maximum absolute atomic E-state index is 10.8. The number of hydrogen-bond acceptors (Lipinski definition) is 2. The van der Waals surface area contributed by atoms with Gasteiger partial charge in [0.15, 0.2) is 0 Å². The Balaban J connectivity index is 2.62. The molecular formula is C11H15BrN2O2. The molecule has 0 spiro atoms. The Morgan fingerprint density at radius 3 is 2.75 bits per heavy atom. The lowest BCUT2D eigenvalue weighted by Crippen LogP contribution is -2.33. The van der Waals surface area contributed by atoms with E-state index in [1.165, 1.54) is 4.90 Å². The minimum Gasteiger partial charge on any atom is -0.496 e. The van der Waals surface area contributed by atoms with E-state index >= 15 is 0 Å². The van der Waals surface area contributed by atoms with Gasteiger partial charge in [-0.1, -0.05) is 6.07 Å². The van der Waals surface area contributed by atoms with Crippen molar-refractivity contribution in [2.24, 2.45) is 5.73 Å². The lowest BCUT2D eigenvalue weighted by Gasteiger charge is -2.14. The lowest BCUT2D eigenvalue weighted by molar-refractivity contribution is 0.219. The van der Waals surface area contributed by atoms with Crippen molar-refractivity contribution in [3.63, 3.8) is 0 Å². The smallest absolute Gasteiger partial charge is 0.314 e. The van der Waals surface area contributed by atoms with Crippen molar-refractivity contribution in [1.29, 1.82) is 0 Å². The van der Waals surface area contributed by atoms with E-state index in [1.807, 2.05) is 18.2 Å². The number of carbonyl (C=O) groups excluding carboxylic acids is 1. The molecule has 2 N–H and O–H groups in total. The Hall–Kier alpha value is -1.23. The van der Waals surface area contributed by atoms with E-state index in [0.29, 0.717) is 6.54 Å². The van der Waals surface area contributed by atoms with Crippen LogP contribution in [-0.2, 0) is 6.42 Å². The van der Waals surface area contributed by atoms with Gasteiger partial charge in [0.2, 0.25) is 0 Å². The van der Waals surface area contributed by atoms with E-state index in [2.05, 4.69) is 15.9 Å². The zero-order valence-corrected chi connectivity index (χ0v) is 11.0. The Bertz CT molecular complexity index is 382. The van der Waals surface area contributed by atoms with Crippen LogP contribution >= 0.6 is 15.9 Å². The molecule has 88 valence electrons. The van der Waals surface area contributed by atoms with Gasteiger partial charge < -0.3 is 15.4 Å². The van der Waals surface area contributed by atoms with E-state index < -0.39 is 6.03 Å². The van der Waals surface area contributed by atoms with Crippen molar-refractivity contribution in [2.75, 3.05) is 20.7 Å². The molecule has 0 aliphatic rings. The molecule has 0 unspecified atom stereocenters. The van der Waals surface area contributed by atoms with Crippen LogP contribution in [-0.4, -0.2) is 31.6 Å². The minimum absolute atomic E-state index is 0.410. The van der Waals surface area contributed by atoms with Gasteiger partial charge in [-0.15, -0.1) is 0 Å². The molecule has 0 fully saturated rings. The fourth-order valence-electron chi connectivity index (χ4n) is 1.27. The van der Waals surface area contributed by atoms with Crippen LogP contribution in [0.25, 0.3) is 0 Å². The van der Waals surface area contributed by atoms with Crippen LogP contribution in [0.15, 0.2) is 22.7 Å². The number of hydrogen-bond donors (Lipinski definition) is 1. The first-order chi connectivity index (χ1) is 7.54. The number of likely N-dealkylation sites (N-methyl/N-ethyl adjacent to an activating group) is 1. The van der Waals surface area contributed by atoms with Crippen molar-refractivity contribution in [3.05, 3.63) is 28.2 Å². The summed E-state index contributed by atoms with van der Waals surface area (Å²) in [5, 5.41) is 0. The number of nitrogens with zero attached hydrogens (tertiary/aromatic N) is 1. The summed E-state index contributed by atoms with van der Waals surface area (Å²) in [4.78, 5) is 12.3. The molecule has 1 aromatic carbocycles. The monoisotopic (exact) mass is 286 g/mol. The molecule has 5 heteroatoms. The van der Waals surface area contributed by atoms with Gasteiger partial charge in [-0.3, -0.25) is 0 Å². The average Bonchev–Trinajstić information content (AvgIpc) is 2.25. The number of carbonyl (C=O) groups is 1. The first-order valence-electron chi connectivity index (χ1n) is 4.87. The van der Waals surface area contributed by atoms with Crippen LogP contribution in [0, 0.1) is 0 Å². The second kappa shape index (κ2) is 5.75. The number of urea groups is 1. The third-order valence-electron chi connectivity index (χ3n) is 2.33. The van der Waals surface area contributed by atoms with Crippen molar-refractivity contribution in [3.8, 4) is 5.75 Å². The SMILES string of the molecule is COc1ccc(CCN(C)C(N)=O)cc1Br. The summed E-state index contributed by atoms with van der Waals surface area (Å²) in [6.07, 6.45) is 0.766. The summed E-state index contributed by atoms with van der Waals surface area (Å²) in [6, 6.07) is 5.43. The van der Waals surface area contributed by atoms with Gasteiger partial charge in [0.1, 0.15) is 5.75 Å².